The number of phenols is 4. The van der Waals surface area contributed by atoms with E-state index in [0.717, 1.165) is 118 Å². The van der Waals surface area contributed by atoms with E-state index in [-0.39, 0.29) is 52.0 Å². The molecule has 0 saturated carbocycles. The van der Waals surface area contributed by atoms with Gasteiger partial charge >= 0.3 is 0 Å². The van der Waals surface area contributed by atoms with Crippen molar-refractivity contribution in [1.29, 1.82) is 0 Å². The maximum Gasteiger partial charge on any atom is 0.248 e. The van der Waals surface area contributed by atoms with Gasteiger partial charge in [0.2, 0.25) is 5.91 Å². The van der Waals surface area contributed by atoms with Crippen LogP contribution in [0.25, 0.3) is 33.1 Å². The van der Waals surface area contributed by atoms with Crippen LogP contribution < -0.4 is 43.6 Å². The molecular weight excluding hydrogens is 1650 g/mol. The van der Waals surface area contributed by atoms with Crippen LogP contribution in [0.5, 0.6) is 69.0 Å². The van der Waals surface area contributed by atoms with Crippen LogP contribution in [-0.2, 0) is 32.1 Å². The lowest BCUT2D eigenvalue weighted by Gasteiger charge is -2.33. The quantitative estimate of drug-likeness (QED) is 0.00872. The van der Waals surface area contributed by atoms with Gasteiger partial charge in [-0.05, 0) is 255 Å². The number of nitrogens with two attached hydrogens (primary N) is 1. The summed E-state index contributed by atoms with van der Waals surface area (Å²) in [5.74, 6) is 5.76. The van der Waals surface area contributed by atoms with Gasteiger partial charge in [0.05, 0.1) is 77.7 Å². The number of piperidine rings is 1. The number of hydrogen-bond donors (Lipinski definition) is 6. The fourth-order valence-electron chi connectivity index (χ4n) is 13.6. The summed E-state index contributed by atoms with van der Waals surface area (Å²) in [6.07, 6.45) is 18.4. The van der Waals surface area contributed by atoms with Gasteiger partial charge in [-0.2, -0.15) is 0 Å². The minimum atomic E-state index is -0.385. The van der Waals surface area contributed by atoms with Gasteiger partial charge < -0.3 is 87.6 Å². The van der Waals surface area contributed by atoms with Crippen molar-refractivity contribution in [3.63, 3.8) is 0 Å². The second-order valence-corrected chi connectivity index (χ2v) is 32.1. The number of primary amides is 1. The van der Waals surface area contributed by atoms with E-state index in [4.69, 9.17) is 57.7 Å². The first-order valence-electron chi connectivity index (χ1n) is 42.5. The first kappa shape index (κ1) is 105. The topological polar surface area (TPSA) is 359 Å². The molecule has 1 aliphatic rings. The molecular formula is C104H128N6O20. The van der Waals surface area contributed by atoms with E-state index in [9.17, 15) is 44.4 Å². The molecule has 0 bridgehead atoms. The van der Waals surface area contributed by atoms with Gasteiger partial charge in [0.1, 0.15) is 86.6 Å². The van der Waals surface area contributed by atoms with Crippen molar-refractivity contribution in [1.82, 2.24) is 19.4 Å². The van der Waals surface area contributed by atoms with E-state index < -0.39 is 0 Å². The number of allylic oxidation sites excluding steroid dienone is 9. The number of fused-ring (bicyclic) bond motifs is 3. The lowest BCUT2D eigenvalue weighted by atomic mass is 10.0. The van der Waals surface area contributed by atoms with Crippen LogP contribution in [-0.4, -0.2) is 156 Å². The van der Waals surface area contributed by atoms with E-state index in [1.807, 2.05) is 106 Å². The highest BCUT2D eigenvalue weighted by Gasteiger charge is 2.24. The molecule has 7 N–H and O–H groups in total. The third kappa shape index (κ3) is 31.6. The van der Waals surface area contributed by atoms with E-state index in [2.05, 4.69) is 81.1 Å². The van der Waals surface area contributed by atoms with E-state index in [1.54, 1.807) is 98.1 Å². The van der Waals surface area contributed by atoms with Gasteiger partial charge in [-0.1, -0.05) is 63.4 Å². The number of aryl methyl sites for hydroxylation is 2. The number of ether oxygens (including phenoxy) is 8. The Labute approximate surface area is 763 Å². The Hall–Kier alpha value is -13.9. The van der Waals surface area contributed by atoms with Crippen molar-refractivity contribution in [2.75, 3.05) is 76.0 Å². The lowest BCUT2D eigenvalue weighted by Crippen LogP contribution is -2.35. The van der Waals surface area contributed by atoms with Crippen LogP contribution in [0.4, 0.5) is 0 Å². The number of aromatic nitrogens is 3. The highest BCUT2D eigenvalue weighted by molar-refractivity contribution is 6.02. The monoisotopic (exact) mass is 1780 g/mol. The molecule has 0 aliphatic carbocycles. The minimum Gasteiger partial charge on any atom is -0.507 e. The molecule has 3 aromatic heterocycles. The number of rotatable bonds is 28. The summed E-state index contributed by atoms with van der Waals surface area (Å²) in [5.41, 5.74) is 24.0. The van der Waals surface area contributed by atoms with Crippen molar-refractivity contribution in [2.45, 2.75) is 169 Å². The van der Waals surface area contributed by atoms with Crippen LogP contribution in [0.15, 0.2) is 200 Å². The maximum atomic E-state index is 11.6. The third-order valence-corrected chi connectivity index (χ3v) is 20.7. The molecule has 0 radical (unpaired) electrons. The first-order chi connectivity index (χ1) is 61.7. The number of phenolic OH excluding ortho intramolecular Hbond substituents is 4. The molecule has 1 fully saturated rings. The smallest absolute Gasteiger partial charge is 0.248 e. The number of oxazole rings is 2. The third-order valence-electron chi connectivity index (χ3n) is 20.7. The molecule has 1 saturated heterocycles. The number of carbonyl (C=O) groups is 5. The molecule has 0 atom stereocenters. The molecule has 8 aromatic carbocycles. The van der Waals surface area contributed by atoms with Crippen LogP contribution in [0.3, 0.4) is 0 Å². The SMILES string of the molecule is COc1cc(O)c(/C(C)=N/O)cc1CC=C(C)C.COc1cc(O)c(C(C)=O)cc1CC=C(C)C.COc1cc(O)c(C(C)=O)cc1CC=C(C)C.COc1cc2oc(C)nc2cc1CC=C(C)C.COc1cc2oc(C)nc2cc1CCN1CCC(n2ccc3ccc(C(N)=O)cc32)CC1.COc1ccc(C(C)=O)c(O)c1.COc1ccc(C(C)=O)c(OCC=C(C)C)c1. The number of likely N-dealkylation sites (tertiary alicyclic amines) is 1. The normalized spacial score (nSPS) is 11.5. The van der Waals surface area contributed by atoms with Crippen LogP contribution in [0, 0.1) is 13.8 Å². The Morgan fingerprint density at radius 1 is 0.431 bits per heavy atom. The van der Waals surface area contributed by atoms with Crippen molar-refractivity contribution in [2.24, 2.45) is 10.9 Å². The standard InChI is InChI=1S/C25H28N4O3.C14H19NO3.C14H17NO2.3C14H18O3.C9H10O3/c1-16-27-21-13-18(23(31-2)15-24(21)32-16)5-9-28-10-7-20(8-11-28)29-12-6-17-3-4-19(25(26)30)14-22(17)29;1-9(2)5-6-11-7-12(10(3)15-17)13(16)8-14(11)18-4;1-9(2)5-6-11-7-12-14(8-13(11)16-4)17-10(3)15-12;2*1-9(2)5-6-11-7-12(10(3)15)13(16)8-14(11)17-4;1-10(2)7-8-17-14-9-12(16-4)5-6-13(14)11(3)15;1-6(10)8-4-3-7(12-2)5-9(8)11/h3-4,6,12-15,20H,5,7-11H2,1-2H3,(H2,26,30);5,7-8,16-17H,6H2,1-4H3;5,7-8H,6H2,1-4H3;2*5,7-8,16H,6H2,1-4H3;5-7,9H,8H2,1-4H3;3-5,11H,1-2H3/b;15-10+;;;;;. The summed E-state index contributed by atoms with van der Waals surface area (Å²) in [4.78, 5) is 67.9. The summed E-state index contributed by atoms with van der Waals surface area (Å²) in [6, 6.07) is 35.7. The summed E-state index contributed by atoms with van der Waals surface area (Å²) in [5, 5.41) is 51.5. The number of methoxy groups -OCH3 is 7. The van der Waals surface area contributed by atoms with E-state index >= 15 is 0 Å². The molecule has 130 heavy (non-hydrogen) atoms. The molecule has 1 aliphatic heterocycles. The number of carbonyl (C=O) groups excluding carboxylic acids is 5. The average molecular weight is 1780 g/mol. The second kappa shape index (κ2) is 51.2. The number of oxime groups is 1. The van der Waals surface area contributed by atoms with Crippen LogP contribution in [0.2, 0.25) is 0 Å². The molecule has 11 aromatic rings. The van der Waals surface area contributed by atoms with Gasteiger partial charge in [0, 0.05) is 110 Å². The Balaban J connectivity index is 0.000000239. The minimum absolute atomic E-state index is 0.0140. The number of amides is 1. The van der Waals surface area contributed by atoms with Gasteiger partial charge in [0.25, 0.3) is 0 Å². The van der Waals surface area contributed by atoms with Crippen molar-refractivity contribution < 1.29 is 96.3 Å². The molecule has 0 unspecified atom stereocenters. The number of ketones is 4. The molecule has 26 heteroatoms. The van der Waals surface area contributed by atoms with Crippen molar-refractivity contribution >= 4 is 67.9 Å². The molecule has 1 amide bonds. The average Bonchev–Trinajstić information content (AvgIpc) is 1.64. The van der Waals surface area contributed by atoms with E-state index in [0.29, 0.717) is 117 Å². The number of benzene rings is 8. The van der Waals surface area contributed by atoms with Gasteiger partial charge in [-0.25, -0.2) is 9.97 Å². The van der Waals surface area contributed by atoms with Crippen molar-refractivity contribution in [3.05, 3.63) is 259 Å². The Morgan fingerprint density at radius 3 is 1.22 bits per heavy atom. The zero-order valence-electron chi connectivity index (χ0n) is 79.5. The highest BCUT2D eigenvalue weighted by atomic mass is 16.5. The van der Waals surface area contributed by atoms with Crippen LogP contribution >= 0.6 is 0 Å². The van der Waals surface area contributed by atoms with Crippen molar-refractivity contribution in [3.8, 4) is 69.0 Å². The lowest BCUT2D eigenvalue weighted by molar-refractivity contribution is 0.0993. The molecule has 0 spiro atoms. The zero-order chi connectivity index (χ0) is 96.3. The highest BCUT2D eigenvalue weighted by Crippen LogP contribution is 2.36. The fourth-order valence-corrected chi connectivity index (χ4v) is 13.6. The predicted molar refractivity (Wildman–Crippen MR) is 513 cm³/mol. The number of nitrogens with zero attached hydrogens (tertiary/aromatic N) is 5. The summed E-state index contributed by atoms with van der Waals surface area (Å²) in [6.45, 7) is 34.9. The summed E-state index contributed by atoms with van der Waals surface area (Å²) >= 11 is 0. The maximum absolute atomic E-state index is 11.6. The molecule has 694 valence electrons. The largest absolute Gasteiger partial charge is 0.507 e. The molecule has 4 heterocycles. The Kier molecular flexibility index (Phi) is 41.3. The Morgan fingerprint density at radius 2 is 0.815 bits per heavy atom. The van der Waals surface area contributed by atoms with E-state index in [1.165, 1.54) is 93.0 Å². The van der Waals surface area contributed by atoms with Gasteiger partial charge in [0.15, 0.2) is 46.1 Å². The first-order valence-corrected chi connectivity index (χ1v) is 42.5. The van der Waals surface area contributed by atoms with Gasteiger partial charge in [-0.15, -0.1) is 0 Å². The Bertz CT molecular complexity index is 5840. The predicted octanol–water partition coefficient (Wildman–Crippen LogP) is 21.9. The zero-order valence-corrected chi connectivity index (χ0v) is 79.5. The van der Waals surface area contributed by atoms with Crippen LogP contribution in [0.1, 0.15) is 220 Å². The second-order valence-electron chi connectivity index (χ2n) is 32.1. The number of aromatic hydroxyl groups is 4. The summed E-state index contributed by atoms with van der Waals surface area (Å²) < 4.78 is 55.6. The summed E-state index contributed by atoms with van der Waals surface area (Å²) in [7, 11) is 11.1. The fraction of sp³-hybridized carbons (Fsp3) is 0.346. The molecule has 26 nitrogen and oxygen atoms in total. The van der Waals surface area contributed by atoms with Gasteiger partial charge in [-0.3, -0.25) is 24.0 Å². The molecule has 12 rings (SSSR count). The number of hydrogen-bond acceptors (Lipinski definition) is 24. The number of Topliss-reactive ketones (excluding diaryl/α,β-unsaturated/α-hetero) is 4.